The Morgan fingerprint density at radius 2 is 1.65 bits per heavy atom. The van der Waals surface area contributed by atoms with Gasteiger partial charge in [-0.15, -0.1) is 13.2 Å². The average Bonchev–Trinajstić information content (AvgIpc) is 2.58. The molecule has 0 unspecified atom stereocenters. The van der Waals surface area contributed by atoms with E-state index in [1.54, 1.807) is 5.32 Å². The highest BCUT2D eigenvalue weighted by Gasteiger charge is 2.33. The van der Waals surface area contributed by atoms with Crippen LogP contribution in [0.1, 0.15) is 0 Å². The van der Waals surface area contributed by atoms with Crippen molar-refractivity contribution in [2.45, 2.75) is 16.2 Å². The van der Waals surface area contributed by atoms with Crippen LogP contribution in [0.15, 0.2) is 40.1 Å². The minimum Gasteiger partial charge on any atom is -0.388 e. The molecule has 1 heterocycles. The first-order valence-corrected chi connectivity index (χ1v) is 10.7. The third kappa shape index (κ3) is 6.22. The Morgan fingerprint density at radius 1 is 1.06 bits per heavy atom. The molecule has 11 nitrogen and oxygen atoms in total. The SMILES string of the molecule is CN(C)S(=O)(=O)c1ccccc1S(=O)(=O)NC(=O)Nc1nc(F)cc(OC(F)(F)F)n1. The summed E-state index contributed by atoms with van der Waals surface area (Å²) in [5, 5.41) is 1.62. The topological polar surface area (TPSA) is 148 Å². The maximum atomic E-state index is 13.4. The highest BCUT2D eigenvalue weighted by atomic mass is 32.2. The molecule has 0 bridgehead atoms. The lowest BCUT2D eigenvalue weighted by molar-refractivity contribution is -0.276. The van der Waals surface area contributed by atoms with E-state index in [4.69, 9.17) is 0 Å². The van der Waals surface area contributed by atoms with E-state index in [0.717, 1.165) is 30.5 Å². The highest BCUT2D eigenvalue weighted by molar-refractivity contribution is 7.92. The molecule has 0 aliphatic rings. The van der Waals surface area contributed by atoms with Gasteiger partial charge >= 0.3 is 12.4 Å². The first-order valence-electron chi connectivity index (χ1n) is 7.77. The number of rotatable bonds is 6. The summed E-state index contributed by atoms with van der Waals surface area (Å²) >= 11 is 0. The van der Waals surface area contributed by atoms with Crippen LogP contribution in [0, 0.1) is 5.95 Å². The van der Waals surface area contributed by atoms with E-state index in [9.17, 15) is 39.2 Å². The van der Waals surface area contributed by atoms with Crippen molar-refractivity contribution in [3.8, 4) is 5.88 Å². The van der Waals surface area contributed by atoms with E-state index in [1.807, 2.05) is 0 Å². The van der Waals surface area contributed by atoms with Gasteiger partial charge in [-0.3, -0.25) is 5.32 Å². The number of carbonyl (C=O) groups is 1. The zero-order valence-corrected chi connectivity index (χ0v) is 17.1. The molecule has 0 saturated carbocycles. The molecule has 17 heteroatoms. The molecule has 0 fully saturated rings. The fraction of sp³-hybridized carbons (Fsp3) is 0.214. The predicted octanol–water partition coefficient (Wildman–Crippen LogP) is 1.28. The van der Waals surface area contributed by atoms with E-state index in [1.165, 1.54) is 16.9 Å². The number of sulfonamides is 2. The Labute approximate surface area is 173 Å². The van der Waals surface area contributed by atoms with Gasteiger partial charge in [0.15, 0.2) is 0 Å². The number of nitrogens with one attached hydrogen (secondary N) is 2. The Hall–Kier alpha value is -3.05. The highest BCUT2D eigenvalue weighted by Crippen LogP contribution is 2.24. The zero-order valence-electron chi connectivity index (χ0n) is 15.5. The molecule has 0 spiro atoms. The van der Waals surface area contributed by atoms with Crippen LogP contribution in [0.3, 0.4) is 0 Å². The number of hydrogen-bond donors (Lipinski definition) is 2. The average molecular weight is 487 g/mol. The third-order valence-electron chi connectivity index (χ3n) is 3.24. The van der Waals surface area contributed by atoms with Crippen LogP contribution in [0.25, 0.3) is 0 Å². The fourth-order valence-electron chi connectivity index (χ4n) is 2.01. The molecule has 170 valence electrons. The van der Waals surface area contributed by atoms with Crippen LogP contribution in [-0.4, -0.2) is 57.6 Å². The lowest BCUT2D eigenvalue weighted by atomic mass is 10.4. The molecule has 0 aliphatic heterocycles. The first kappa shape index (κ1) is 24.2. The number of aromatic nitrogens is 2. The van der Waals surface area contributed by atoms with Crippen molar-refractivity contribution in [3.63, 3.8) is 0 Å². The van der Waals surface area contributed by atoms with Crippen molar-refractivity contribution in [1.82, 2.24) is 19.0 Å². The summed E-state index contributed by atoms with van der Waals surface area (Å²) in [7, 11) is -6.73. The monoisotopic (exact) mass is 487 g/mol. The van der Waals surface area contributed by atoms with Crippen molar-refractivity contribution >= 4 is 32.0 Å². The molecule has 0 radical (unpaired) electrons. The second-order valence-corrected chi connectivity index (χ2v) is 9.47. The van der Waals surface area contributed by atoms with Crippen molar-refractivity contribution < 1.29 is 43.9 Å². The molecular formula is C14H13F4N5O6S2. The number of benzene rings is 1. The number of nitrogens with zero attached hydrogens (tertiary/aromatic N) is 3. The van der Waals surface area contributed by atoms with Crippen LogP contribution in [-0.2, 0) is 20.0 Å². The van der Waals surface area contributed by atoms with Gasteiger partial charge in [-0.05, 0) is 12.1 Å². The summed E-state index contributed by atoms with van der Waals surface area (Å²) < 4.78 is 105. The molecule has 2 aromatic rings. The number of alkyl halides is 3. The summed E-state index contributed by atoms with van der Waals surface area (Å²) in [5.41, 5.74) is 0. The summed E-state index contributed by atoms with van der Waals surface area (Å²) in [6.07, 6.45) is -5.22. The van der Waals surface area contributed by atoms with Gasteiger partial charge in [0.25, 0.3) is 10.0 Å². The molecule has 2 amide bonds. The smallest absolute Gasteiger partial charge is 0.388 e. The predicted molar refractivity (Wildman–Crippen MR) is 95.3 cm³/mol. The Bertz CT molecular complexity index is 1200. The number of hydrogen-bond acceptors (Lipinski definition) is 8. The number of anilines is 1. The number of ether oxygens (including phenoxy) is 1. The van der Waals surface area contributed by atoms with Gasteiger partial charge in [0.1, 0.15) is 9.79 Å². The Kier molecular flexibility index (Phi) is 6.72. The number of carbonyl (C=O) groups excluding carboxylic acids is 1. The molecule has 0 saturated heterocycles. The minimum absolute atomic E-state index is 0.176. The number of amides is 2. The van der Waals surface area contributed by atoms with Crippen molar-refractivity contribution in [2.24, 2.45) is 0 Å². The zero-order chi connectivity index (χ0) is 23.6. The maximum Gasteiger partial charge on any atom is 0.574 e. The van der Waals surface area contributed by atoms with Crippen molar-refractivity contribution in [3.05, 3.63) is 36.3 Å². The molecule has 0 aliphatic carbocycles. The Morgan fingerprint density at radius 3 is 2.19 bits per heavy atom. The second kappa shape index (κ2) is 8.60. The van der Waals surface area contributed by atoms with E-state index in [0.29, 0.717) is 0 Å². The summed E-state index contributed by atoms with van der Waals surface area (Å²) in [4.78, 5) is 16.6. The van der Waals surface area contributed by atoms with Gasteiger partial charge in [-0.2, -0.15) is 14.4 Å². The van der Waals surface area contributed by atoms with Gasteiger partial charge < -0.3 is 4.74 Å². The molecule has 2 N–H and O–H groups in total. The van der Waals surface area contributed by atoms with Crippen LogP contribution >= 0.6 is 0 Å². The first-order chi connectivity index (χ1) is 14.1. The third-order valence-corrected chi connectivity index (χ3v) is 6.63. The Balaban J connectivity index is 2.30. The minimum atomic E-state index is -5.22. The van der Waals surface area contributed by atoms with Crippen molar-refractivity contribution in [1.29, 1.82) is 0 Å². The van der Waals surface area contributed by atoms with Gasteiger partial charge in [0.2, 0.25) is 27.8 Å². The van der Waals surface area contributed by atoms with E-state index in [-0.39, 0.29) is 6.07 Å². The van der Waals surface area contributed by atoms with Crippen LogP contribution < -0.4 is 14.8 Å². The molecule has 31 heavy (non-hydrogen) atoms. The van der Waals surface area contributed by atoms with Gasteiger partial charge in [-0.1, -0.05) is 12.1 Å². The summed E-state index contributed by atoms with van der Waals surface area (Å²) in [6, 6.07) is 2.89. The molecule has 1 aromatic heterocycles. The van der Waals surface area contributed by atoms with E-state index < -0.39 is 60.0 Å². The van der Waals surface area contributed by atoms with Crippen LogP contribution in [0.4, 0.5) is 28.3 Å². The fourth-order valence-corrected chi connectivity index (χ4v) is 4.62. The largest absolute Gasteiger partial charge is 0.574 e. The normalized spacial score (nSPS) is 12.5. The van der Waals surface area contributed by atoms with E-state index >= 15 is 0 Å². The molecule has 1 aromatic carbocycles. The van der Waals surface area contributed by atoms with E-state index in [2.05, 4.69) is 14.7 Å². The van der Waals surface area contributed by atoms with Gasteiger partial charge in [0.05, 0.1) is 6.07 Å². The number of urea groups is 1. The standard InChI is InChI=1S/C14H13F4N5O6S2/c1-23(2)31(27,28)9-6-4-3-5-8(9)30(25,26)22-13(24)21-12-19-10(15)7-11(20-12)29-14(16,17)18/h3-7H,1-2H3,(H2,19,20,21,22,24). The molecule has 0 atom stereocenters. The van der Waals surface area contributed by atoms with Gasteiger partial charge in [-0.25, -0.2) is 30.7 Å². The summed E-state index contributed by atoms with van der Waals surface area (Å²) in [5.74, 6) is -3.88. The summed E-state index contributed by atoms with van der Waals surface area (Å²) in [6.45, 7) is 0. The molecule has 2 rings (SSSR count). The van der Waals surface area contributed by atoms with Crippen LogP contribution in [0.2, 0.25) is 0 Å². The van der Waals surface area contributed by atoms with Crippen molar-refractivity contribution in [2.75, 3.05) is 19.4 Å². The second-order valence-electron chi connectivity index (χ2n) is 5.69. The maximum absolute atomic E-state index is 13.4. The van der Waals surface area contributed by atoms with Crippen LogP contribution in [0.5, 0.6) is 5.88 Å². The lowest BCUT2D eigenvalue weighted by Crippen LogP contribution is -2.36. The lowest BCUT2D eigenvalue weighted by Gasteiger charge is -2.15. The quantitative estimate of drug-likeness (QED) is 0.457. The number of halogens is 4. The van der Waals surface area contributed by atoms with Gasteiger partial charge in [0, 0.05) is 14.1 Å². The molecular weight excluding hydrogens is 474 g/mol.